The van der Waals surface area contributed by atoms with Crippen molar-refractivity contribution in [2.75, 3.05) is 4.90 Å². The van der Waals surface area contributed by atoms with Gasteiger partial charge in [-0.2, -0.15) is 0 Å². The third-order valence-corrected chi connectivity index (χ3v) is 5.60. The molecule has 0 radical (unpaired) electrons. The topological polar surface area (TPSA) is 66.6 Å². The highest BCUT2D eigenvalue weighted by atomic mass is 19.1. The molecule has 6 heteroatoms. The van der Waals surface area contributed by atoms with Gasteiger partial charge in [0.05, 0.1) is 12.2 Å². The molecule has 4 aromatic rings. The maximum atomic E-state index is 13.9. The van der Waals surface area contributed by atoms with E-state index in [2.05, 4.69) is 4.98 Å². The summed E-state index contributed by atoms with van der Waals surface area (Å²) < 4.78 is 19.7. The van der Waals surface area contributed by atoms with Crippen LogP contribution in [0.15, 0.2) is 83.3 Å². The van der Waals surface area contributed by atoms with E-state index in [0.717, 1.165) is 5.56 Å². The number of aliphatic hydroxyl groups is 1. The first-order chi connectivity index (χ1) is 15.0. The number of carbonyl (C=O) groups excluding carboxylic acids is 1. The molecule has 0 saturated heterocycles. The number of oxazole rings is 1. The van der Waals surface area contributed by atoms with Gasteiger partial charge < -0.3 is 14.4 Å². The lowest BCUT2D eigenvalue weighted by Crippen LogP contribution is -2.41. The minimum Gasteiger partial charge on any atom is -0.441 e. The summed E-state index contributed by atoms with van der Waals surface area (Å²) in [4.78, 5) is 19.5. The molecule has 0 bridgehead atoms. The SMILES string of the molecule is Cc1oc(-c2ccccc2)nc1CN1C(=O)[C@@](O)(c2cccc(F)c2)c2ccccc21. The normalized spacial score (nSPS) is 17.8. The fourth-order valence-electron chi connectivity index (χ4n) is 4.01. The lowest BCUT2D eigenvalue weighted by molar-refractivity contribution is -0.132. The molecule has 0 saturated carbocycles. The Morgan fingerprint density at radius 1 is 1.03 bits per heavy atom. The highest BCUT2D eigenvalue weighted by Gasteiger charge is 2.51. The number of hydrogen-bond acceptors (Lipinski definition) is 4. The van der Waals surface area contributed by atoms with Crippen LogP contribution in [-0.2, 0) is 16.9 Å². The van der Waals surface area contributed by atoms with Crippen LogP contribution >= 0.6 is 0 Å². The third kappa shape index (κ3) is 3.04. The van der Waals surface area contributed by atoms with Crippen LogP contribution in [0.5, 0.6) is 0 Å². The monoisotopic (exact) mass is 414 g/mol. The molecule has 3 aromatic carbocycles. The number of anilines is 1. The van der Waals surface area contributed by atoms with Crippen LogP contribution in [0.25, 0.3) is 11.5 Å². The van der Waals surface area contributed by atoms with Gasteiger partial charge in [-0.25, -0.2) is 9.37 Å². The highest BCUT2D eigenvalue weighted by Crippen LogP contribution is 2.45. The number of benzene rings is 3. The van der Waals surface area contributed by atoms with Crippen molar-refractivity contribution in [3.63, 3.8) is 0 Å². The average Bonchev–Trinajstić information content (AvgIpc) is 3.26. The van der Waals surface area contributed by atoms with E-state index in [1.807, 2.05) is 30.3 Å². The van der Waals surface area contributed by atoms with Crippen LogP contribution < -0.4 is 4.90 Å². The van der Waals surface area contributed by atoms with Crippen molar-refractivity contribution >= 4 is 11.6 Å². The summed E-state index contributed by atoms with van der Waals surface area (Å²) in [6.45, 7) is 1.91. The number of carbonyl (C=O) groups is 1. The zero-order chi connectivity index (χ0) is 21.6. The first kappa shape index (κ1) is 19.2. The van der Waals surface area contributed by atoms with E-state index in [-0.39, 0.29) is 12.1 Å². The lowest BCUT2D eigenvalue weighted by Gasteiger charge is -2.23. The van der Waals surface area contributed by atoms with Crippen molar-refractivity contribution in [3.05, 3.63) is 107 Å². The van der Waals surface area contributed by atoms with E-state index >= 15 is 0 Å². The standard InChI is InChI=1S/C25H19FN2O3/c1-16-21(27-23(31-16)17-8-3-2-4-9-17)15-28-22-13-6-5-12-20(22)25(30,24(28)29)18-10-7-11-19(26)14-18/h2-14,30H,15H2,1H3/t25-/m1/s1. The summed E-state index contributed by atoms with van der Waals surface area (Å²) >= 11 is 0. The fourth-order valence-corrected chi connectivity index (χ4v) is 4.01. The Labute approximate surface area is 178 Å². The van der Waals surface area contributed by atoms with Gasteiger partial charge in [-0.15, -0.1) is 0 Å². The molecule has 0 aliphatic carbocycles. The van der Waals surface area contributed by atoms with Crippen LogP contribution in [0.3, 0.4) is 0 Å². The Morgan fingerprint density at radius 2 is 1.77 bits per heavy atom. The van der Waals surface area contributed by atoms with E-state index in [4.69, 9.17) is 4.42 Å². The zero-order valence-corrected chi connectivity index (χ0v) is 16.7. The number of fused-ring (bicyclic) bond motifs is 1. The molecule has 154 valence electrons. The summed E-state index contributed by atoms with van der Waals surface area (Å²) in [5.41, 5.74) is 0.609. The van der Waals surface area contributed by atoms with Crippen LogP contribution in [0.2, 0.25) is 0 Å². The van der Waals surface area contributed by atoms with E-state index in [0.29, 0.717) is 28.6 Å². The van der Waals surface area contributed by atoms with E-state index in [1.54, 1.807) is 37.3 Å². The predicted molar refractivity (Wildman–Crippen MR) is 114 cm³/mol. The molecule has 1 atom stereocenters. The second-order valence-electron chi connectivity index (χ2n) is 7.52. The van der Waals surface area contributed by atoms with E-state index < -0.39 is 17.3 Å². The van der Waals surface area contributed by atoms with Crippen molar-refractivity contribution < 1.29 is 18.7 Å². The van der Waals surface area contributed by atoms with Gasteiger partial charge >= 0.3 is 0 Å². The Kier molecular flexibility index (Phi) is 4.45. The second-order valence-corrected chi connectivity index (χ2v) is 7.52. The molecule has 1 aliphatic heterocycles. The van der Waals surface area contributed by atoms with Gasteiger partial charge in [0, 0.05) is 16.7 Å². The maximum Gasteiger partial charge on any atom is 0.268 e. The first-order valence-electron chi connectivity index (χ1n) is 9.90. The van der Waals surface area contributed by atoms with Gasteiger partial charge in [0.25, 0.3) is 5.91 Å². The molecule has 5 nitrogen and oxygen atoms in total. The molecule has 2 heterocycles. The Morgan fingerprint density at radius 3 is 2.55 bits per heavy atom. The number of aromatic nitrogens is 1. The second kappa shape index (κ2) is 7.18. The molecule has 1 N–H and O–H groups in total. The number of rotatable bonds is 4. The molecule has 1 aliphatic rings. The number of amides is 1. The summed E-state index contributed by atoms with van der Waals surface area (Å²) in [5, 5.41) is 11.5. The molecule has 1 amide bonds. The lowest BCUT2D eigenvalue weighted by atomic mass is 9.87. The molecule has 1 aromatic heterocycles. The van der Waals surface area contributed by atoms with Crippen molar-refractivity contribution in [1.29, 1.82) is 0 Å². The summed E-state index contributed by atoms with van der Waals surface area (Å²) in [6, 6.07) is 22.0. The molecule has 5 rings (SSSR count). The van der Waals surface area contributed by atoms with Gasteiger partial charge in [-0.1, -0.05) is 48.5 Å². The quantitative estimate of drug-likeness (QED) is 0.531. The molecule has 0 unspecified atom stereocenters. The molecule has 31 heavy (non-hydrogen) atoms. The van der Waals surface area contributed by atoms with Gasteiger partial charge in [-0.3, -0.25) is 4.79 Å². The summed E-state index contributed by atoms with van der Waals surface area (Å²) in [6.07, 6.45) is 0. The Bertz CT molecular complexity index is 1280. The van der Waals surface area contributed by atoms with Crippen molar-refractivity contribution in [1.82, 2.24) is 4.98 Å². The molecule has 0 spiro atoms. The number of halogens is 1. The minimum atomic E-state index is -1.97. The average molecular weight is 414 g/mol. The molecule has 0 fully saturated rings. The number of aryl methyl sites for hydroxylation is 1. The van der Waals surface area contributed by atoms with Gasteiger partial charge in [0.1, 0.15) is 17.3 Å². The van der Waals surface area contributed by atoms with Gasteiger partial charge in [-0.05, 0) is 37.3 Å². The Hall–Kier alpha value is -3.77. The molecular formula is C25H19FN2O3. The predicted octanol–water partition coefficient (Wildman–Crippen LogP) is 4.57. The Balaban J connectivity index is 1.56. The summed E-state index contributed by atoms with van der Waals surface area (Å²) in [7, 11) is 0. The number of nitrogens with zero attached hydrogens (tertiary/aromatic N) is 2. The molecular weight excluding hydrogens is 395 g/mol. The van der Waals surface area contributed by atoms with Crippen LogP contribution in [0.4, 0.5) is 10.1 Å². The minimum absolute atomic E-state index is 0.121. The van der Waals surface area contributed by atoms with Crippen LogP contribution in [0, 0.1) is 12.7 Å². The first-order valence-corrected chi connectivity index (χ1v) is 9.90. The van der Waals surface area contributed by atoms with Crippen molar-refractivity contribution in [2.45, 2.75) is 19.1 Å². The van der Waals surface area contributed by atoms with Gasteiger partial charge in [0.15, 0.2) is 5.60 Å². The van der Waals surface area contributed by atoms with Crippen LogP contribution in [-0.4, -0.2) is 16.0 Å². The smallest absolute Gasteiger partial charge is 0.268 e. The number of para-hydroxylation sites is 1. The number of hydrogen-bond donors (Lipinski definition) is 1. The van der Waals surface area contributed by atoms with Crippen molar-refractivity contribution in [2.24, 2.45) is 0 Å². The van der Waals surface area contributed by atoms with E-state index in [9.17, 15) is 14.3 Å². The zero-order valence-electron chi connectivity index (χ0n) is 16.7. The summed E-state index contributed by atoms with van der Waals surface area (Å²) in [5.74, 6) is -0.0174. The van der Waals surface area contributed by atoms with E-state index in [1.165, 1.54) is 23.1 Å². The largest absolute Gasteiger partial charge is 0.441 e. The van der Waals surface area contributed by atoms with Crippen LogP contribution in [0.1, 0.15) is 22.6 Å². The van der Waals surface area contributed by atoms with Crippen molar-refractivity contribution in [3.8, 4) is 11.5 Å². The fraction of sp³-hybridized carbons (Fsp3) is 0.120. The maximum absolute atomic E-state index is 13.9. The highest BCUT2D eigenvalue weighted by molar-refractivity contribution is 6.09. The third-order valence-electron chi connectivity index (χ3n) is 5.60. The van der Waals surface area contributed by atoms with Gasteiger partial charge in [0.2, 0.25) is 5.89 Å².